The molecule has 0 bridgehead atoms. The molecule has 0 radical (unpaired) electrons. The SMILES string of the molecule is CCCCOC(=O)CCCCCC[C@H]1C(=O)C=C[C@@H]1/C=C/C(O)CC1CC1CC. The maximum atomic E-state index is 12.2. The van der Waals surface area contributed by atoms with Gasteiger partial charge in [0.15, 0.2) is 5.78 Å². The van der Waals surface area contributed by atoms with Crippen molar-refractivity contribution in [2.75, 3.05) is 6.61 Å². The Morgan fingerprint density at radius 2 is 2.00 bits per heavy atom. The zero-order valence-corrected chi connectivity index (χ0v) is 18.4. The van der Waals surface area contributed by atoms with Crippen molar-refractivity contribution in [1.82, 2.24) is 0 Å². The molecule has 0 amide bonds. The lowest BCUT2D eigenvalue weighted by atomic mass is 9.88. The molecule has 29 heavy (non-hydrogen) atoms. The molecule has 0 aromatic carbocycles. The molecule has 0 aliphatic heterocycles. The highest BCUT2D eigenvalue weighted by atomic mass is 16.5. The predicted molar refractivity (Wildman–Crippen MR) is 116 cm³/mol. The number of allylic oxidation sites excluding steroid dienone is 3. The molecule has 2 aliphatic rings. The summed E-state index contributed by atoms with van der Waals surface area (Å²) in [5.41, 5.74) is 0. The van der Waals surface area contributed by atoms with Gasteiger partial charge in [-0.25, -0.2) is 0 Å². The van der Waals surface area contributed by atoms with Gasteiger partial charge in [-0.3, -0.25) is 9.59 Å². The summed E-state index contributed by atoms with van der Waals surface area (Å²) in [7, 11) is 0. The highest BCUT2D eigenvalue weighted by molar-refractivity contribution is 5.94. The molecule has 0 aromatic heterocycles. The van der Waals surface area contributed by atoms with Crippen LogP contribution >= 0.6 is 0 Å². The summed E-state index contributed by atoms with van der Waals surface area (Å²) in [5.74, 6) is 1.74. The molecule has 5 atom stereocenters. The van der Waals surface area contributed by atoms with E-state index < -0.39 is 6.10 Å². The quantitative estimate of drug-likeness (QED) is 0.226. The predicted octanol–water partition coefficient (Wildman–Crippen LogP) is 5.39. The molecule has 4 heteroatoms. The van der Waals surface area contributed by atoms with Gasteiger partial charge in [0.25, 0.3) is 0 Å². The first-order chi connectivity index (χ1) is 14.0. The van der Waals surface area contributed by atoms with E-state index in [4.69, 9.17) is 4.74 Å². The van der Waals surface area contributed by atoms with Crippen LogP contribution in [0.3, 0.4) is 0 Å². The molecule has 164 valence electrons. The minimum Gasteiger partial charge on any atom is -0.466 e. The van der Waals surface area contributed by atoms with E-state index in [1.165, 1.54) is 12.8 Å². The number of aliphatic hydroxyl groups excluding tert-OH is 1. The van der Waals surface area contributed by atoms with Gasteiger partial charge in [-0.2, -0.15) is 0 Å². The highest BCUT2D eigenvalue weighted by Gasteiger charge is 2.36. The number of carbonyl (C=O) groups excluding carboxylic acids is 2. The number of rotatable bonds is 15. The fourth-order valence-corrected chi connectivity index (χ4v) is 4.32. The molecule has 0 aromatic rings. The van der Waals surface area contributed by atoms with Crippen molar-refractivity contribution in [2.45, 2.75) is 90.6 Å². The van der Waals surface area contributed by atoms with Crippen molar-refractivity contribution in [1.29, 1.82) is 0 Å². The number of ketones is 1. The van der Waals surface area contributed by atoms with E-state index in [2.05, 4.69) is 13.8 Å². The van der Waals surface area contributed by atoms with Gasteiger partial charge in [-0.05, 0) is 50.0 Å². The second-order valence-electron chi connectivity index (χ2n) is 8.82. The molecule has 0 heterocycles. The number of hydrogen-bond acceptors (Lipinski definition) is 4. The molecule has 0 saturated heterocycles. The molecule has 1 fully saturated rings. The van der Waals surface area contributed by atoms with E-state index in [9.17, 15) is 14.7 Å². The molecule has 2 aliphatic carbocycles. The number of ether oxygens (including phenoxy) is 1. The Morgan fingerprint density at radius 3 is 2.72 bits per heavy atom. The van der Waals surface area contributed by atoms with Crippen LogP contribution in [-0.4, -0.2) is 29.6 Å². The third kappa shape index (κ3) is 8.86. The van der Waals surface area contributed by atoms with Gasteiger partial charge in [0.1, 0.15) is 0 Å². The summed E-state index contributed by atoms with van der Waals surface area (Å²) < 4.78 is 5.16. The van der Waals surface area contributed by atoms with Crippen LogP contribution in [0.5, 0.6) is 0 Å². The van der Waals surface area contributed by atoms with E-state index in [1.54, 1.807) is 6.08 Å². The van der Waals surface area contributed by atoms with Gasteiger partial charge in [0.05, 0.1) is 12.7 Å². The van der Waals surface area contributed by atoms with E-state index in [1.807, 2.05) is 18.2 Å². The minimum atomic E-state index is -0.390. The molecule has 0 spiro atoms. The largest absolute Gasteiger partial charge is 0.466 e. The first-order valence-corrected chi connectivity index (χ1v) is 11.8. The average Bonchev–Trinajstić information content (AvgIpc) is 3.36. The molecular weight excluding hydrogens is 364 g/mol. The first-order valence-electron chi connectivity index (χ1n) is 11.8. The Labute approximate surface area is 176 Å². The topological polar surface area (TPSA) is 63.6 Å². The monoisotopic (exact) mass is 404 g/mol. The lowest BCUT2D eigenvalue weighted by molar-refractivity contribution is -0.143. The smallest absolute Gasteiger partial charge is 0.305 e. The number of aliphatic hydroxyl groups is 1. The Balaban J connectivity index is 1.59. The minimum absolute atomic E-state index is 0.0155. The molecule has 4 nitrogen and oxygen atoms in total. The summed E-state index contributed by atoms with van der Waals surface area (Å²) in [5, 5.41) is 10.2. The Morgan fingerprint density at radius 1 is 1.21 bits per heavy atom. The summed E-state index contributed by atoms with van der Waals surface area (Å²) in [6.07, 6.45) is 17.8. The van der Waals surface area contributed by atoms with Crippen molar-refractivity contribution in [2.24, 2.45) is 23.7 Å². The van der Waals surface area contributed by atoms with Gasteiger partial charge >= 0.3 is 5.97 Å². The van der Waals surface area contributed by atoms with E-state index in [0.29, 0.717) is 18.9 Å². The number of unbranched alkanes of at least 4 members (excludes halogenated alkanes) is 4. The molecule has 1 saturated carbocycles. The van der Waals surface area contributed by atoms with Crippen LogP contribution in [0.1, 0.15) is 84.5 Å². The summed E-state index contributed by atoms with van der Waals surface area (Å²) in [6, 6.07) is 0. The van der Waals surface area contributed by atoms with Crippen LogP contribution in [-0.2, 0) is 14.3 Å². The van der Waals surface area contributed by atoms with Crippen molar-refractivity contribution in [3.05, 3.63) is 24.3 Å². The highest BCUT2D eigenvalue weighted by Crippen LogP contribution is 2.44. The Hall–Kier alpha value is -1.42. The zero-order valence-electron chi connectivity index (χ0n) is 18.4. The number of hydrogen-bond donors (Lipinski definition) is 1. The van der Waals surface area contributed by atoms with Gasteiger partial charge in [-0.15, -0.1) is 0 Å². The zero-order chi connectivity index (χ0) is 21.1. The van der Waals surface area contributed by atoms with Crippen LogP contribution in [0.2, 0.25) is 0 Å². The molecule has 3 unspecified atom stereocenters. The van der Waals surface area contributed by atoms with E-state index >= 15 is 0 Å². The van der Waals surface area contributed by atoms with Gasteiger partial charge in [0, 0.05) is 18.3 Å². The van der Waals surface area contributed by atoms with Crippen molar-refractivity contribution in [3.8, 4) is 0 Å². The van der Waals surface area contributed by atoms with Crippen LogP contribution in [0, 0.1) is 23.7 Å². The van der Waals surface area contributed by atoms with E-state index in [0.717, 1.165) is 57.3 Å². The lowest BCUT2D eigenvalue weighted by Gasteiger charge is -2.15. The first kappa shape index (κ1) is 23.9. The van der Waals surface area contributed by atoms with E-state index in [-0.39, 0.29) is 23.6 Å². The lowest BCUT2D eigenvalue weighted by Crippen LogP contribution is -2.15. The van der Waals surface area contributed by atoms with Crippen LogP contribution in [0.4, 0.5) is 0 Å². The summed E-state index contributed by atoms with van der Waals surface area (Å²) in [4.78, 5) is 23.8. The second kappa shape index (κ2) is 13.0. The fourth-order valence-electron chi connectivity index (χ4n) is 4.32. The molecule has 2 rings (SSSR count). The number of esters is 1. The van der Waals surface area contributed by atoms with Gasteiger partial charge < -0.3 is 9.84 Å². The van der Waals surface area contributed by atoms with Crippen LogP contribution in [0.15, 0.2) is 24.3 Å². The van der Waals surface area contributed by atoms with Crippen molar-refractivity contribution >= 4 is 11.8 Å². The van der Waals surface area contributed by atoms with Gasteiger partial charge in [0.2, 0.25) is 0 Å². The maximum Gasteiger partial charge on any atom is 0.305 e. The average molecular weight is 405 g/mol. The maximum absolute atomic E-state index is 12.2. The molecular formula is C25H40O4. The van der Waals surface area contributed by atoms with Crippen LogP contribution < -0.4 is 0 Å². The summed E-state index contributed by atoms with van der Waals surface area (Å²) >= 11 is 0. The third-order valence-corrected chi connectivity index (χ3v) is 6.41. The van der Waals surface area contributed by atoms with Gasteiger partial charge in [-0.1, -0.05) is 64.2 Å². The Kier molecular flexibility index (Phi) is 10.7. The normalized spacial score (nSPS) is 26.9. The second-order valence-corrected chi connectivity index (χ2v) is 8.82. The standard InChI is InChI=1S/C25H40O4/c1-3-5-16-29-25(28)11-9-7-6-8-10-23-20(13-15-24(23)27)12-14-22(26)18-21-17-19(21)4-2/h12-15,19-23,26H,3-11,16-18H2,1-2H3/b14-12+/t19?,20-,21?,22?,23+/m0/s1. The van der Waals surface area contributed by atoms with Crippen LogP contribution in [0.25, 0.3) is 0 Å². The van der Waals surface area contributed by atoms with Crippen molar-refractivity contribution in [3.63, 3.8) is 0 Å². The Bertz CT molecular complexity index is 565. The van der Waals surface area contributed by atoms with Crippen molar-refractivity contribution < 1.29 is 19.4 Å². The third-order valence-electron chi connectivity index (χ3n) is 6.41. The summed E-state index contributed by atoms with van der Waals surface area (Å²) in [6.45, 7) is 4.83. The fraction of sp³-hybridized carbons (Fsp3) is 0.760. The molecule has 1 N–H and O–H groups in total. The number of carbonyl (C=O) groups is 2.